The number of nitrogens with zero attached hydrogens (tertiary/aromatic N) is 2. The Labute approximate surface area is 135 Å². The van der Waals surface area contributed by atoms with Crippen LogP contribution in [0.5, 0.6) is 0 Å². The molecule has 2 aromatic carbocycles. The Morgan fingerprint density at radius 2 is 1.92 bits per heavy atom. The van der Waals surface area contributed by atoms with Crippen molar-refractivity contribution in [2.45, 2.75) is 0 Å². The molecule has 0 spiro atoms. The van der Waals surface area contributed by atoms with Crippen molar-refractivity contribution in [2.24, 2.45) is 0 Å². The molecule has 3 rings (SSSR count). The van der Waals surface area contributed by atoms with E-state index in [2.05, 4.69) is 15.7 Å². The van der Waals surface area contributed by atoms with Gasteiger partial charge in [0.25, 0.3) is 11.8 Å². The number of carbonyl (C=O) groups is 2. The number of rotatable bonds is 4. The Kier molecular flexibility index (Phi) is 4.19. The molecular formula is C16H12F2N4O2. The van der Waals surface area contributed by atoms with Crippen molar-refractivity contribution in [1.82, 2.24) is 15.0 Å². The summed E-state index contributed by atoms with van der Waals surface area (Å²) in [6.45, 7) is -0.373. The first kappa shape index (κ1) is 15.6. The highest BCUT2D eigenvalue weighted by Crippen LogP contribution is 2.10. The SMILES string of the molecule is O=C(CNC(=O)c1ccc(F)cc1F)Nn1cnc2ccccc21. The van der Waals surface area contributed by atoms with Crippen molar-refractivity contribution in [2.75, 3.05) is 12.0 Å². The quantitative estimate of drug-likeness (QED) is 0.766. The van der Waals surface area contributed by atoms with Gasteiger partial charge in [-0.05, 0) is 24.3 Å². The fraction of sp³-hybridized carbons (Fsp3) is 0.0625. The van der Waals surface area contributed by atoms with Crippen LogP contribution in [0.2, 0.25) is 0 Å². The van der Waals surface area contributed by atoms with Gasteiger partial charge in [-0.1, -0.05) is 12.1 Å². The molecule has 2 N–H and O–H groups in total. The van der Waals surface area contributed by atoms with Crippen LogP contribution < -0.4 is 10.7 Å². The lowest BCUT2D eigenvalue weighted by Crippen LogP contribution is -2.36. The van der Waals surface area contributed by atoms with E-state index in [1.54, 1.807) is 18.2 Å². The smallest absolute Gasteiger partial charge is 0.258 e. The molecule has 0 fully saturated rings. The molecule has 0 saturated carbocycles. The number of fused-ring (bicyclic) bond motifs is 1. The first-order valence-electron chi connectivity index (χ1n) is 7.00. The zero-order chi connectivity index (χ0) is 17.1. The average molecular weight is 330 g/mol. The third-order valence-corrected chi connectivity index (χ3v) is 3.28. The topological polar surface area (TPSA) is 76.0 Å². The zero-order valence-electron chi connectivity index (χ0n) is 12.3. The summed E-state index contributed by atoms with van der Waals surface area (Å²) in [5, 5.41) is 2.27. The van der Waals surface area contributed by atoms with Crippen LogP contribution in [0.15, 0.2) is 48.8 Å². The molecule has 3 aromatic rings. The third-order valence-electron chi connectivity index (χ3n) is 3.28. The highest BCUT2D eigenvalue weighted by atomic mass is 19.1. The molecule has 6 nitrogen and oxygen atoms in total. The van der Waals surface area contributed by atoms with Gasteiger partial charge >= 0.3 is 0 Å². The maximum Gasteiger partial charge on any atom is 0.258 e. The number of aromatic nitrogens is 2. The Morgan fingerprint density at radius 1 is 1.12 bits per heavy atom. The van der Waals surface area contributed by atoms with E-state index in [0.717, 1.165) is 12.1 Å². The first-order valence-corrected chi connectivity index (χ1v) is 7.00. The molecule has 8 heteroatoms. The van der Waals surface area contributed by atoms with Gasteiger partial charge in [0, 0.05) is 6.07 Å². The Hall–Kier alpha value is -3.29. The summed E-state index contributed by atoms with van der Waals surface area (Å²) in [6, 6.07) is 9.76. The van der Waals surface area contributed by atoms with Crippen molar-refractivity contribution < 1.29 is 18.4 Å². The number of hydrogen-bond acceptors (Lipinski definition) is 3. The number of para-hydroxylation sites is 2. The summed E-state index contributed by atoms with van der Waals surface area (Å²) in [5.74, 6) is -3.10. The van der Waals surface area contributed by atoms with Crippen LogP contribution in [-0.4, -0.2) is 28.0 Å². The Bertz CT molecular complexity index is 923. The van der Waals surface area contributed by atoms with Gasteiger partial charge in [0.1, 0.15) is 18.0 Å². The maximum absolute atomic E-state index is 13.5. The molecule has 24 heavy (non-hydrogen) atoms. The van der Waals surface area contributed by atoms with Crippen LogP contribution in [-0.2, 0) is 4.79 Å². The van der Waals surface area contributed by atoms with Crippen molar-refractivity contribution in [1.29, 1.82) is 0 Å². The number of carbonyl (C=O) groups excluding carboxylic acids is 2. The molecule has 2 amide bonds. The summed E-state index contributed by atoms with van der Waals surface area (Å²) in [6.07, 6.45) is 1.43. The maximum atomic E-state index is 13.5. The molecule has 0 aliphatic heterocycles. The summed E-state index contributed by atoms with van der Waals surface area (Å²) in [7, 11) is 0. The lowest BCUT2D eigenvalue weighted by atomic mass is 10.2. The van der Waals surface area contributed by atoms with Crippen LogP contribution in [0.25, 0.3) is 11.0 Å². The monoisotopic (exact) mass is 330 g/mol. The lowest BCUT2D eigenvalue weighted by molar-refractivity contribution is -0.116. The standard InChI is InChI=1S/C16H12F2N4O2/c17-10-5-6-11(12(18)7-10)16(24)19-8-15(23)21-22-9-20-13-3-1-2-4-14(13)22/h1-7,9H,8H2,(H,19,24)(H,21,23). The molecule has 122 valence electrons. The predicted octanol–water partition coefficient (Wildman–Crippen LogP) is 1.81. The molecule has 1 aromatic heterocycles. The number of benzene rings is 2. The molecule has 0 aliphatic carbocycles. The molecule has 0 bridgehead atoms. The number of imidazole rings is 1. The zero-order valence-corrected chi connectivity index (χ0v) is 12.3. The van der Waals surface area contributed by atoms with Gasteiger partial charge in [0.15, 0.2) is 0 Å². The summed E-state index contributed by atoms with van der Waals surface area (Å²) in [4.78, 5) is 27.8. The van der Waals surface area contributed by atoms with E-state index in [1.807, 2.05) is 6.07 Å². The lowest BCUT2D eigenvalue weighted by Gasteiger charge is -2.08. The predicted molar refractivity (Wildman–Crippen MR) is 82.8 cm³/mol. The van der Waals surface area contributed by atoms with Crippen molar-refractivity contribution >= 4 is 22.8 Å². The summed E-state index contributed by atoms with van der Waals surface area (Å²) >= 11 is 0. The van der Waals surface area contributed by atoms with Gasteiger partial charge in [-0.2, -0.15) is 0 Å². The van der Waals surface area contributed by atoms with E-state index < -0.39 is 23.4 Å². The van der Waals surface area contributed by atoms with Crippen LogP contribution in [0.4, 0.5) is 8.78 Å². The van der Waals surface area contributed by atoms with E-state index in [4.69, 9.17) is 0 Å². The van der Waals surface area contributed by atoms with E-state index in [-0.39, 0.29) is 12.1 Å². The second-order valence-electron chi connectivity index (χ2n) is 4.95. The number of nitrogens with one attached hydrogen (secondary N) is 2. The molecule has 0 atom stereocenters. The van der Waals surface area contributed by atoms with E-state index in [1.165, 1.54) is 11.0 Å². The van der Waals surface area contributed by atoms with Gasteiger partial charge in [0.05, 0.1) is 23.1 Å². The van der Waals surface area contributed by atoms with Gasteiger partial charge in [-0.3, -0.25) is 15.0 Å². The highest BCUT2D eigenvalue weighted by molar-refractivity contribution is 5.98. The minimum Gasteiger partial charge on any atom is -0.343 e. The second-order valence-corrected chi connectivity index (χ2v) is 4.95. The van der Waals surface area contributed by atoms with E-state index in [9.17, 15) is 18.4 Å². The van der Waals surface area contributed by atoms with Crippen molar-refractivity contribution in [3.05, 3.63) is 66.0 Å². The molecule has 0 saturated heterocycles. The highest BCUT2D eigenvalue weighted by Gasteiger charge is 2.14. The van der Waals surface area contributed by atoms with Crippen LogP contribution in [0, 0.1) is 11.6 Å². The summed E-state index contributed by atoms with van der Waals surface area (Å²) in [5.41, 5.74) is 3.61. The van der Waals surface area contributed by atoms with Crippen LogP contribution >= 0.6 is 0 Å². The molecule has 0 unspecified atom stereocenters. The Balaban J connectivity index is 1.62. The van der Waals surface area contributed by atoms with Crippen molar-refractivity contribution in [3.63, 3.8) is 0 Å². The van der Waals surface area contributed by atoms with E-state index in [0.29, 0.717) is 17.1 Å². The Morgan fingerprint density at radius 3 is 2.71 bits per heavy atom. The molecule has 0 aliphatic rings. The largest absolute Gasteiger partial charge is 0.343 e. The molecule has 1 heterocycles. The van der Waals surface area contributed by atoms with Crippen LogP contribution in [0.3, 0.4) is 0 Å². The van der Waals surface area contributed by atoms with Crippen LogP contribution in [0.1, 0.15) is 10.4 Å². The number of halogens is 2. The molecular weight excluding hydrogens is 318 g/mol. The number of amides is 2. The normalized spacial score (nSPS) is 10.6. The minimum atomic E-state index is -0.992. The average Bonchev–Trinajstić information content (AvgIpc) is 2.96. The van der Waals surface area contributed by atoms with E-state index >= 15 is 0 Å². The summed E-state index contributed by atoms with van der Waals surface area (Å²) < 4.78 is 27.7. The first-order chi connectivity index (χ1) is 11.5. The van der Waals surface area contributed by atoms with Gasteiger partial charge in [-0.15, -0.1) is 0 Å². The third kappa shape index (κ3) is 3.22. The van der Waals surface area contributed by atoms with Gasteiger partial charge < -0.3 is 5.32 Å². The van der Waals surface area contributed by atoms with Gasteiger partial charge in [-0.25, -0.2) is 18.4 Å². The molecule has 0 radical (unpaired) electrons. The second kappa shape index (κ2) is 6.45. The number of hydrogen-bond donors (Lipinski definition) is 2. The fourth-order valence-corrected chi connectivity index (χ4v) is 2.15. The van der Waals surface area contributed by atoms with Crippen molar-refractivity contribution in [3.8, 4) is 0 Å². The fourth-order valence-electron chi connectivity index (χ4n) is 2.15. The van der Waals surface area contributed by atoms with Gasteiger partial charge in [0.2, 0.25) is 0 Å². The minimum absolute atomic E-state index is 0.336.